The molecule has 0 saturated carbocycles. The van der Waals surface area contributed by atoms with Crippen LogP contribution < -0.4 is 5.73 Å². The van der Waals surface area contributed by atoms with Crippen molar-refractivity contribution in [2.24, 2.45) is 0 Å². The number of aromatic nitrogens is 4. The summed E-state index contributed by atoms with van der Waals surface area (Å²) < 4.78 is 40.2. The molecule has 168 valence electrons. The number of nitrogen functional groups attached to an aromatic ring is 1. The van der Waals surface area contributed by atoms with Crippen molar-refractivity contribution < 1.29 is 42.8 Å². The van der Waals surface area contributed by atoms with E-state index in [0.29, 0.717) is 0 Å². The van der Waals surface area contributed by atoms with Crippen molar-refractivity contribution in [3.63, 3.8) is 0 Å². The molecule has 0 amide bonds. The van der Waals surface area contributed by atoms with E-state index in [0.717, 1.165) is 6.26 Å². The number of aliphatic hydroxyl groups is 1. The van der Waals surface area contributed by atoms with Crippen molar-refractivity contribution in [3.8, 4) is 12.3 Å². The number of cyclic esters (lactones) is 2. The molecule has 0 aromatic carbocycles. The molecule has 14 heteroatoms. The van der Waals surface area contributed by atoms with Crippen molar-refractivity contribution in [3.05, 3.63) is 24.4 Å². The molecule has 2 aromatic heterocycles. The lowest BCUT2D eigenvalue weighted by atomic mass is 9.99. The van der Waals surface area contributed by atoms with E-state index >= 15 is 0 Å². The third-order valence-corrected chi connectivity index (χ3v) is 4.88. The molecule has 3 N–H and O–H groups in total. The lowest BCUT2D eigenvalue weighted by Gasteiger charge is -2.26. The minimum absolute atomic E-state index is 0.0221. The lowest BCUT2D eigenvalue weighted by molar-refractivity contribution is -0.0955. The molecule has 13 nitrogen and oxygen atoms in total. The first kappa shape index (κ1) is 21.3. The Hall–Kier alpha value is -3.96. The van der Waals surface area contributed by atoms with Gasteiger partial charge in [0, 0.05) is 6.42 Å². The van der Waals surface area contributed by atoms with Crippen LogP contribution in [0.15, 0.2) is 18.3 Å². The van der Waals surface area contributed by atoms with E-state index in [2.05, 4.69) is 20.9 Å². The molecule has 4 rings (SSSR count). The quantitative estimate of drug-likeness (QED) is 0.291. The van der Waals surface area contributed by atoms with Gasteiger partial charge in [0.05, 0.1) is 12.9 Å². The molecule has 0 spiro atoms. The number of nitrogens with zero attached hydrogens (tertiary/aromatic N) is 4. The maximum absolute atomic E-state index is 13.7. The maximum Gasteiger partial charge on any atom is 0.514 e. The van der Waals surface area contributed by atoms with Gasteiger partial charge in [0.25, 0.3) is 0 Å². The highest BCUT2D eigenvalue weighted by Gasteiger charge is 2.51. The Morgan fingerprint density at radius 3 is 3.00 bits per heavy atom. The molecule has 0 bridgehead atoms. The van der Waals surface area contributed by atoms with E-state index in [9.17, 15) is 19.1 Å². The molecule has 2 aromatic rings. The monoisotopic (exact) mass is 449 g/mol. The topological polar surface area (TPSA) is 170 Å². The Kier molecular flexibility index (Phi) is 5.28. The van der Waals surface area contributed by atoms with Gasteiger partial charge in [0.2, 0.25) is 0 Å². The second-order valence-electron chi connectivity index (χ2n) is 6.81. The van der Waals surface area contributed by atoms with Gasteiger partial charge < -0.3 is 34.5 Å². The molecular weight excluding hydrogens is 433 g/mol. The molecule has 4 atom stereocenters. The second-order valence-corrected chi connectivity index (χ2v) is 6.81. The number of aliphatic hydroxyl groups excluding tert-OH is 1. The molecular formula is C18H16FN5O8. The highest BCUT2D eigenvalue weighted by Crippen LogP contribution is 2.39. The highest BCUT2D eigenvalue weighted by molar-refractivity contribution is 5.81. The first-order valence-electron chi connectivity index (χ1n) is 9.14. The van der Waals surface area contributed by atoms with Crippen molar-refractivity contribution in [1.82, 2.24) is 19.5 Å². The number of hydrogen-bond donors (Lipinski definition) is 2. The van der Waals surface area contributed by atoms with Crippen LogP contribution in [0.25, 0.3) is 11.2 Å². The number of carbonyl (C=O) groups excluding carboxylic acids is 2. The summed E-state index contributed by atoms with van der Waals surface area (Å²) in [4.78, 5) is 34.3. The van der Waals surface area contributed by atoms with Gasteiger partial charge in [-0.3, -0.25) is 4.57 Å². The van der Waals surface area contributed by atoms with Crippen LogP contribution in [0.2, 0.25) is 0 Å². The normalized spacial score (nSPS) is 28.4. The smallest absolute Gasteiger partial charge is 0.426 e. The molecule has 2 fully saturated rings. The van der Waals surface area contributed by atoms with E-state index in [1.165, 1.54) is 17.8 Å². The van der Waals surface area contributed by atoms with E-state index in [4.69, 9.17) is 35.8 Å². The van der Waals surface area contributed by atoms with E-state index in [1.54, 1.807) is 0 Å². The molecule has 2 aliphatic heterocycles. The first-order valence-corrected chi connectivity index (χ1v) is 9.14. The standard InChI is InChI=1S/C18H16FN5O8/c1-3-18(6-25)10(31-16(26)28-5-9-8(2)29-17(27)30-9)4-11(32-18)24-7-21-12-13(20)22-15(19)23-14(12)24/h1,5,7-8,10-11,25H,4,6H2,2H3,(H2,20,22,23)/t8?,10-,11+,18+/m0/s1. The number of halogens is 1. The summed E-state index contributed by atoms with van der Waals surface area (Å²) in [5.74, 6) is 2.06. The molecule has 4 heterocycles. The number of anilines is 1. The van der Waals surface area contributed by atoms with Crippen LogP contribution >= 0.6 is 0 Å². The van der Waals surface area contributed by atoms with Crippen LogP contribution in [0.5, 0.6) is 0 Å². The fourth-order valence-corrected chi connectivity index (χ4v) is 3.26. The van der Waals surface area contributed by atoms with Crippen molar-refractivity contribution in [2.45, 2.75) is 37.4 Å². The van der Waals surface area contributed by atoms with Gasteiger partial charge in [-0.1, -0.05) is 5.92 Å². The molecule has 2 saturated heterocycles. The van der Waals surface area contributed by atoms with Gasteiger partial charge in [-0.25, -0.2) is 14.6 Å². The fourth-order valence-electron chi connectivity index (χ4n) is 3.26. The van der Waals surface area contributed by atoms with Gasteiger partial charge in [-0.2, -0.15) is 14.4 Å². The van der Waals surface area contributed by atoms with Gasteiger partial charge in [-0.15, -0.1) is 6.42 Å². The Labute approximate surface area is 178 Å². The number of fused-ring (bicyclic) bond motifs is 1. The van der Waals surface area contributed by atoms with Gasteiger partial charge in [-0.05, 0) is 6.92 Å². The number of imidazole rings is 1. The average Bonchev–Trinajstić information content (AvgIpc) is 3.41. The van der Waals surface area contributed by atoms with Gasteiger partial charge >= 0.3 is 18.4 Å². The summed E-state index contributed by atoms with van der Waals surface area (Å²) in [5, 5.41) is 9.87. The van der Waals surface area contributed by atoms with E-state index < -0.39 is 49.0 Å². The number of hydrogen-bond acceptors (Lipinski definition) is 12. The van der Waals surface area contributed by atoms with Crippen LogP contribution in [0.3, 0.4) is 0 Å². The Morgan fingerprint density at radius 1 is 1.56 bits per heavy atom. The third kappa shape index (κ3) is 3.63. The summed E-state index contributed by atoms with van der Waals surface area (Å²) in [5.41, 5.74) is 4.07. The average molecular weight is 449 g/mol. The molecule has 2 aliphatic rings. The van der Waals surface area contributed by atoms with Crippen LogP contribution in [0, 0.1) is 18.4 Å². The van der Waals surface area contributed by atoms with Crippen LogP contribution in [0.1, 0.15) is 19.6 Å². The van der Waals surface area contributed by atoms with Crippen molar-refractivity contribution >= 4 is 29.3 Å². The summed E-state index contributed by atoms with van der Waals surface area (Å²) in [7, 11) is 0. The number of ether oxygens (including phenoxy) is 5. The van der Waals surface area contributed by atoms with Crippen LogP contribution in [-0.2, 0) is 23.7 Å². The number of terminal acetylenes is 1. The summed E-state index contributed by atoms with van der Waals surface area (Å²) >= 11 is 0. The molecule has 32 heavy (non-hydrogen) atoms. The zero-order valence-electron chi connectivity index (χ0n) is 16.4. The first-order chi connectivity index (χ1) is 15.3. The third-order valence-electron chi connectivity index (χ3n) is 4.88. The SMILES string of the molecule is C#C[C@]1(CO)O[C@@H](n2cnc3c(N)nc(F)nc32)C[C@@H]1OC(=O)OC=C1OC(=O)OC1C. The molecule has 0 aliphatic carbocycles. The Balaban J connectivity index is 1.54. The highest BCUT2D eigenvalue weighted by atomic mass is 19.1. The van der Waals surface area contributed by atoms with Crippen LogP contribution in [-0.4, -0.2) is 61.4 Å². The van der Waals surface area contributed by atoms with Crippen molar-refractivity contribution in [1.29, 1.82) is 0 Å². The van der Waals surface area contributed by atoms with Crippen molar-refractivity contribution in [2.75, 3.05) is 12.3 Å². The van der Waals surface area contributed by atoms with Crippen LogP contribution in [0.4, 0.5) is 19.8 Å². The minimum Gasteiger partial charge on any atom is -0.426 e. The second kappa shape index (κ2) is 7.94. The summed E-state index contributed by atoms with van der Waals surface area (Å²) in [6.45, 7) is 0.796. The molecule has 1 unspecified atom stereocenters. The predicted molar refractivity (Wildman–Crippen MR) is 99.5 cm³/mol. The Morgan fingerprint density at radius 2 is 2.34 bits per heavy atom. The lowest BCUT2D eigenvalue weighted by Crippen LogP contribution is -2.44. The fraction of sp³-hybridized carbons (Fsp3) is 0.389. The van der Waals surface area contributed by atoms with E-state index in [1.807, 2.05) is 0 Å². The number of nitrogens with two attached hydrogens (primary N) is 1. The Bertz CT molecular complexity index is 1160. The van der Waals surface area contributed by atoms with Gasteiger partial charge in [0.15, 0.2) is 40.5 Å². The molecule has 0 radical (unpaired) electrons. The summed E-state index contributed by atoms with van der Waals surface area (Å²) in [6.07, 6.45) is 1.53. The predicted octanol–water partition coefficient (Wildman–Crippen LogP) is 0.749. The zero-order chi connectivity index (χ0) is 23.0. The largest absolute Gasteiger partial charge is 0.514 e. The zero-order valence-corrected chi connectivity index (χ0v) is 16.4. The number of rotatable bonds is 4. The van der Waals surface area contributed by atoms with Gasteiger partial charge in [0.1, 0.15) is 12.5 Å². The number of carbonyl (C=O) groups is 2. The summed E-state index contributed by atoms with van der Waals surface area (Å²) in [6, 6.07) is 0. The minimum atomic E-state index is -1.74. The van der Waals surface area contributed by atoms with E-state index in [-0.39, 0.29) is 29.2 Å². The maximum atomic E-state index is 13.7.